The van der Waals surface area contributed by atoms with Gasteiger partial charge < -0.3 is 5.32 Å². The molecule has 0 unspecified atom stereocenters. The molecule has 0 fully saturated rings. The third-order valence-corrected chi connectivity index (χ3v) is 2.87. The number of hydrogen-bond acceptors (Lipinski definition) is 2. The maximum atomic E-state index is 5.99. The number of nitrogens with one attached hydrogen (secondary N) is 1. The van der Waals surface area contributed by atoms with E-state index in [0.717, 1.165) is 30.1 Å². The molecule has 3 nitrogen and oxygen atoms in total. The lowest BCUT2D eigenvalue weighted by atomic mass is 10.2. The summed E-state index contributed by atoms with van der Waals surface area (Å²) in [5.74, 6) is 0. The van der Waals surface area contributed by atoms with Crippen LogP contribution < -0.4 is 5.32 Å². The van der Waals surface area contributed by atoms with E-state index in [1.165, 1.54) is 5.69 Å². The van der Waals surface area contributed by atoms with Gasteiger partial charge in [0.25, 0.3) is 0 Å². The van der Waals surface area contributed by atoms with Gasteiger partial charge in [-0.2, -0.15) is 5.10 Å². The Hall–Kier alpha value is -1.32. The SMILES string of the molecule is CNCCCc1ccnn1-c1cccc(Cl)c1. The molecule has 17 heavy (non-hydrogen) atoms. The van der Waals surface area contributed by atoms with Crippen LogP contribution in [0.4, 0.5) is 0 Å². The van der Waals surface area contributed by atoms with Crippen molar-refractivity contribution < 1.29 is 0 Å². The van der Waals surface area contributed by atoms with Crippen molar-refractivity contribution in [3.63, 3.8) is 0 Å². The fraction of sp³-hybridized carbons (Fsp3) is 0.308. The van der Waals surface area contributed by atoms with E-state index in [9.17, 15) is 0 Å². The Balaban J connectivity index is 2.18. The molecule has 0 radical (unpaired) electrons. The third-order valence-electron chi connectivity index (χ3n) is 2.63. The molecule has 2 aromatic rings. The molecule has 1 N–H and O–H groups in total. The van der Waals surface area contributed by atoms with Gasteiger partial charge in [0.1, 0.15) is 0 Å². The standard InChI is InChI=1S/C13H16ClN3/c1-15-8-3-6-12-7-9-16-17(12)13-5-2-4-11(14)10-13/h2,4-5,7,9-10,15H,3,6,8H2,1H3. The lowest BCUT2D eigenvalue weighted by Crippen LogP contribution is -2.10. The highest BCUT2D eigenvalue weighted by molar-refractivity contribution is 6.30. The summed E-state index contributed by atoms with van der Waals surface area (Å²) in [6.07, 6.45) is 3.94. The molecule has 0 aliphatic carbocycles. The highest BCUT2D eigenvalue weighted by atomic mass is 35.5. The predicted molar refractivity (Wildman–Crippen MR) is 70.8 cm³/mol. The minimum Gasteiger partial charge on any atom is -0.320 e. The molecule has 1 aromatic carbocycles. The van der Waals surface area contributed by atoms with Crippen LogP contribution in [0.5, 0.6) is 0 Å². The Morgan fingerprint density at radius 2 is 2.24 bits per heavy atom. The van der Waals surface area contributed by atoms with Gasteiger partial charge in [0.2, 0.25) is 0 Å². The van der Waals surface area contributed by atoms with Gasteiger partial charge >= 0.3 is 0 Å². The predicted octanol–water partition coefficient (Wildman–Crippen LogP) is 2.68. The van der Waals surface area contributed by atoms with Gasteiger partial charge in [0.15, 0.2) is 0 Å². The van der Waals surface area contributed by atoms with E-state index >= 15 is 0 Å². The van der Waals surface area contributed by atoms with Crippen LogP contribution in [0.25, 0.3) is 5.69 Å². The van der Waals surface area contributed by atoms with Gasteiger partial charge in [-0.15, -0.1) is 0 Å². The Morgan fingerprint density at radius 1 is 1.35 bits per heavy atom. The van der Waals surface area contributed by atoms with Gasteiger partial charge in [-0.05, 0) is 50.7 Å². The number of aryl methyl sites for hydroxylation is 1. The highest BCUT2D eigenvalue weighted by Crippen LogP contribution is 2.16. The summed E-state index contributed by atoms with van der Waals surface area (Å²) in [5.41, 5.74) is 2.23. The van der Waals surface area contributed by atoms with Gasteiger partial charge in [-0.3, -0.25) is 0 Å². The van der Waals surface area contributed by atoms with Crippen molar-refractivity contribution >= 4 is 11.6 Å². The molecule has 0 spiro atoms. The largest absolute Gasteiger partial charge is 0.320 e. The first-order valence-electron chi connectivity index (χ1n) is 5.74. The number of nitrogens with zero attached hydrogens (tertiary/aromatic N) is 2. The van der Waals surface area contributed by atoms with E-state index in [0.29, 0.717) is 0 Å². The lowest BCUT2D eigenvalue weighted by Gasteiger charge is -2.07. The van der Waals surface area contributed by atoms with Crippen LogP contribution in [0.3, 0.4) is 0 Å². The van der Waals surface area contributed by atoms with Crippen LogP contribution >= 0.6 is 11.6 Å². The van der Waals surface area contributed by atoms with Crippen molar-refractivity contribution in [2.45, 2.75) is 12.8 Å². The summed E-state index contributed by atoms with van der Waals surface area (Å²) >= 11 is 5.99. The number of benzene rings is 1. The van der Waals surface area contributed by atoms with Crippen LogP contribution in [0.2, 0.25) is 5.02 Å². The zero-order chi connectivity index (χ0) is 12.1. The Morgan fingerprint density at radius 3 is 3.00 bits per heavy atom. The molecular formula is C13H16ClN3. The quantitative estimate of drug-likeness (QED) is 0.826. The first kappa shape index (κ1) is 12.1. The molecule has 0 saturated heterocycles. The van der Waals surface area contributed by atoms with E-state index in [4.69, 9.17) is 11.6 Å². The Kier molecular flexibility index (Phi) is 4.18. The zero-order valence-electron chi connectivity index (χ0n) is 9.86. The molecule has 0 bridgehead atoms. The van der Waals surface area contributed by atoms with Gasteiger partial charge in [0.05, 0.1) is 5.69 Å². The Labute approximate surface area is 106 Å². The van der Waals surface area contributed by atoms with Crippen LogP contribution in [0, 0.1) is 0 Å². The van der Waals surface area contributed by atoms with Crippen molar-refractivity contribution in [3.8, 4) is 5.69 Å². The van der Waals surface area contributed by atoms with Crippen molar-refractivity contribution in [3.05, 3.63) is 47.2 Å². The van der Waals surface area contributed by atoms with Crippen LogP contribution in [-0.4, -0.2) is 23.4 Å². The maximum Gasteiger partial charge on any atom is 0.0663 e. The molecule has 90 valence electrons. The summed E-state index contributed by atoms with van der Waals surface area (Å²) < 4.78 is 1.95. The normalized spacial score (nSPS) is 10.7. The fourth-order valence-corrected chi connectivity index (χ4v) is 1.99. The average Bonchev–Trinajstić information content (AvgIpc) is 2.78. The van der Waals surface area contributed by atoms with Gasteiger partial charge in [-0.25, -0.2) is 4.68 Å². The van der Waals surface area contributed by atoms with E-state index in [-0.39, 0.29) is 0 Å². The topological polar surface area (TPSA) is 29.9 Å². The molecule has 0 aliphatic rings. The zero-order valence-corrected chi connectivity index (χ0v) is 10.6. The first-order chi connectivity index (χ1) is 8.31. The fourth-order valence-electron chi connectivity index (χ4n) is 1.81. The number of rotatable bonds is 5. The Bertz CT molecular complexity index is 479. The van der Waals surface area contributed by atoms with E-state index in [1.807, 2.05) is 42.2 Å². The molecule has 1 aromatic heterocycles. The number of halogens is 1. The minimum atomic E-state index is 0.735. The van der Waals surface area contributed by atoms with Crippen LogP contribution in [0.1, 0.15) is 12.1 Å². The second-order valence-corrected chi connectivity index (χ2v) is 4.36. The molecule has 4 heteroatoms. The molecule has 0 amide bonds. The van der Waals surface area contributed by atoms with Gasteiger partial charge in [-0.1, -0.05) is 17.7 Å². The molecular weight excluding hydrogens is 234 g/mol. The van der Waals surface area contributed by atoms with E-state index in [1.54, 1.807) is 0 Å². The summed E-state index contributed by atoms with van der Waals surface area (Å²) in [4.78, 5) is 0. The number of aromatic nitrogens is 2. The molecule has 1 heterocycles. The highest BCUT2D eigenvalue weighted by Gasteiger charge is 2.04. The lowest BCUT2D eigenvalue weighted by molar-refractivity contribution is 0.693. The van der Waals surface area contributed by atoms with Gasteiger partial charge in [0, 0.05) is 16.9 Å². The second-order valence-electron chi connectivity index (χ2n) is 3.92. The average molecular weight is 250 g/mol. The number of hydrogen-bond donors (Lipinski definition) is 1. The molecule has 0 aliphatic heterocycles. The monoisotopic (exact) mass is 249 g/mol. The summed E-state index contributed by atoms with van der Waals surface area (Å²) in [5, 5.41) is 8.23. The molecule has 0 atom stereocenters. The van der Waals surface area contributed by atoms with E-state index < -0.39 is 0 Å². The van der Waals surface area contributed by atoms with Crippen molar-refractivity contribution in [2.24, 2.45) is 0 Å². The van der Waals surface area contributed by atoms with E-state index in [2.05, 4.69) is 16.5 Å². The van der Waals surface area contributed by atoms with Crippen molar-refractivity contribution in [1.29, 1.82) is 0 Å². The summed E-state index contributed by atoms with van der Waals surface area (Å²) in [6, 6.07) is 9.80. The minimum absolute atomic E-state index is 0.735. The van der Waals surface area contributed by atoms with Crippen molar-refractivity contribution in [1.82, 2.24) is 15.1 Å². The third kappa shape index (κ3) is 3.08. The summed E-state index contributed by atoms with van der Waals surface area (Å²) in [6.45, 7) is 1.01. The first-order valence-corrected chi connectivity index (χ1v) is 6.12. The molecule has 2 rings (SSSR count). The second kappa shape index (κ2) is 5.84. The maximum absolute atomic E-state index is 5.99. The van der Waals surface area contributed by atoms with Crippen molar-refractivity contribution in [2.75, 3.05) is 13.6 Å². The summed E-state index contributed by atoms with van der Waals surface area (Å²) in [7, 11) is 1.97. The molecule has 0 saturated carbocycles. The van der Waals surface area contributed by atoms with Crippen LogP contribution in [0.15, 0.2) is 36.5 Å². The smallest absolute Gasteiger partial charge is 0.0663 e. The van der Waals surface area contributed by atoms with Crippen LogP contribution in [-0.2, 0) is 6.42 Å².